The molecule has 5 heteroatoms. The van der Waals surface area contributed by atoms with Gasteiger partial charge in [0.1, 0.15) is 11.2 Å². The summed E-state index contributed by atoms with van der Waals surface area (Å²) >= 11 is 0. The summed E-state index contributed by atoms with van der Waals surface area (Å²) in [5.74, 6) is 1.89. The summed E-state index contributed by atoms with van der Waals surface area (Å²) in [6, 6.07) is 49.7. The van der Waals surface area contributed by atoms with E-state index >= 15 is 0 Å². The zero-order valence-corrected chi connectivity index (χ0v) is 23.6. The number of nitrogens with zero attached hydrogens (tertiary/aromatic N) is 4. The predicted molar refractivity (Wildman–Crippen MR) is 178 cm³/mol. The number of aromatic nitrogens is 4. The van der Waals surface area contributed by atoms with E-state index in [1.807, 2.05) is 78.9 Å². The number of hydrogen-bond acceptors (Lipinski definition) is 4. The van der Waals surface area contributed by atoms with Crippen molar-refractivity contribution in [2.75, 3.05) is 0 Å². The van der Waals surface area contributed by atoms with Gasteiger partial charge in [0.2, 0.25) is 0 Å². The molecule has 0 unspecified atom stereocenters. The van der Waals surface area contributed by atoms with Gasteiger partial charge < -0.3 is 8.98 Å². The van der Waals surface area contributed by atoms with E-state index in [4.69, 9.17) is 19.4 Å². The number of benzene rings is 6. The lowest BCUT2D eigenvalue weighted by Crippen LogP contribution is -2.00. The fourth-order valence-electron chi connectivity index (χ4n) is 6.25. The van der Waals surface area contributed by atoms with Crippen molar-refractivity contribution < 1.29 is 4.42 Å². The number of para-hydroxylation sites is 2. The van der Waals surface area contributed by atoms with Gasteiger partial charge in [-0.15, -0.1) is 0 Å². The number of hydrogen-bond donors (Lipinski definition) is 0. The van der Waals surface area contributed by atoms with E-state index in [1.54, 1.807) is 0 Å². The van der Waals surface area contributed by atoms with Gasteiger partial charge in [0.05, 0.1) is 22.1 Å². The Bertz CT molecular complexity index is 2380. The first-order valence-corrected chi connectivity index (χ1v) is 14.6. The van der Waals surface area contributed by atoms with Crippen molar-refractivity contribution >= 4 is 43.7 Å². The Morgan fingerprint density at radius 3 is 1.57 bits per heavy atom. The summed E-state index contributed by atoms with van der Waals surface area (Å²) in [6.07, 6.45) is 0. The molecule has 0 aliphatic rings. The third-order valence-corrected chi connectivity index (χ3v) is 8.25. The monoisotopic (exact) mass is 564 g/mol. The Kier molecular flexibility index (Phi) is 5.43. The van der Waals surface area contributed by atoms with Crippen LogP contribution in [0.1, 0.15) is 0 Å². The van der Waals surface area contributed by atoms with Crippen molar-refractivity contribution in [3.05, 3.63) is 146 Å². The average Bonchev–Trinajstić information content (AvgIpc) is 3.64. The van der Waals surface area contributed by atoms with Gasteiger partial charge in [-0.2, -0.15) is 0 Å². The van der Waals surface area contributed by atoms with Gasteiger partial charge in [-0.1, -0.05) is 103 Å². The first kappa shape index (κ1) is 24.5. The largest absolute Gasteiger partial charge is 0.456 e. The van der Waals surface area contributed by atoms with E-state index in [0.717, 1.165) is 55.3 Å². The third kappa shape index (κ3) is 3.83. The maximum Gasteiger partial charge on any atom is 0.164 e. The lowest BCUT2D eigenvalue weighted by molar-refractivity contribution is 0.669. The van der Waals surface area contributed by atoms with Crippen molar-refractivity contribution in [1.29, 1.82) is 0 Å². The molecule has 3 heterocycles. The van der Waals surface area contributed by atoms with Gasteiger partial charge in [0, 0.05) is 32.8 Å². The van der Waals surface area contributed by atoms with Crippen LogP contribution < -0.4 is 0 Å². The van der Waals surface area contributed by atoms with Gasteiger partial charge in [-0.3, -0.25) is 0 Å². The van der Waals surface area contributed by atoms with Crippen molar-refractivity contribution in [1.82, 2.24) is 19.5 Å². The smallest absolute Gasteiger partial charge is 0.164 e. The molecule has 9 rings (SSSR count). The quantitative estimate of drug-likeness (QED) is 0.213. The van der Waals surface area contributed by atoms with E-state index in [1.165, 1.54) is 10.8 Å². The van der Waals surface area contributed by atoms with Gasteiger partial charge in [0.25, 0.3) is 0 Å². The Labute approximate surface area is 252 Å². The molecule has 3 aromatic heterocycles. The van der Waals surface area contributed by atoms with Gasteiger partial charge in [0.15, 0.2) is 17.5 Å². The second-order valence-electron chi connectivity index (χ2n) is 10.9. The molecule has 9 aromatic rings. The summed E-state index contributed by atoms with van der Waals surface area (Å²) in [5.41, 5.74) is 7.82. The molecule has 0 saturated heterocycles. The fourth-order valence-corrected chi connectivity index (χ4v) is 6.25. The minimum absolute atomic E-state index is 0.614. The van der Waals surface area contributed by atoms with Crippen LogP contribution in [0, 0.1) is 0 Å². The summed E-state index contributed by atoms with van der Waals surface area (Å²) < 4.78 is 8.77. The first-order valence-electron chi connectivity index (χ1n) is 14.6. The molecule has 0 fully saturated rings. The van der Waals surface area contributed by atoms with E-state index in [2.05, 4.69) is 71.3 Å². The van der Waals surface area contributed by atoms with Crippen LogP contribution in [-0.2, 0) is 0 Å². The van der Waals surface area contributed by atoms with E-state index < -0.39 is 0 Å². The highest BCUT2D eigenvalue weighted by atomic mass is 16.3. The van der Waals surface area contributed by atoms with Crippen LogP contribution in [0.15, 0.2) is 150 Å². The lowest BCUT2D eigenvalue weighted by Gasteiger charge is -2.10. The van der Waals surface area contributed by atoms with Crippen LogP contribution in [0.2, 0.25) is 0 Å². The highest BCUT2D eigenvalue weighted by Gasteiger charge is 2.19. The molecule has 0 N–H and O–H groups in total. The molecule has 0 bridgehead atoms. The number of furan rings is 1. The molecule has 0 aliphatic carbocycles. The molecular formula is C39H24N4O. The SMILES string of the molecule is c1ccc(-c2nc(-c3ccccc3)nc(-c3ccc4oc5cccc(-n6c7ccccc7c7ccccc76)c5c4c3)n2)cc1. The highest BCUT2D eigenvalue weighted by molar-refractivity contribution is 6.14. The molecule has 0 saturated carbocycles. The van der Waals surface area contributed by atoms with Crippen molar-refractivity contribution in [3.8, 4) is 39.9 Å². The topological polar surface area (TPSA) is 56.7 Å². The molecule has 44 heavy (non-hydrogen) atoms. The van der Waals surface area contributed by atoms with E-state index in [-0.39, 0.29) is 0 Å². The van der Waals surface area contributed by atoms with E-state index in [9.17, 15) is 0 Å². The maximum atomic E-state index is 6.43. The molecule has 0 radical (unpaired) electrons. The molecular weight excluding hydrogens is 540 g/mol. The molecule has 6 aromatic carbocycles. The normalized spacial score (nSPS) is 11.6. The molecule has 206 valence electrons. The Hall–Kier alpha value is -6.07. The lowest BCUT2D eigenvalue weighted by atomic mass is 10.1. The summed E-state index contributed by atoms with van der Waals surface area (Å²) in [5, 5.41) is 4.51. The minimum atomic E-state index is 0.614. The Morgan fingerprint density at radius 2 is 0.955 bits per heavy atom. The first-order chi connectivity index (χ1) is 21.8. The predicted octanol–water partition coefficient (Wildman–Crippen LogP) is 9.87. The van der Waals surface area contributed by atoms with Crippen LogP contribution in [0.25, 0.3) is 83.6 Å². The minimum Gasteiger partial charge on any atom is -0.456 e. The molecule has 5 nitrogen and oxygen atoms in total. The summed E-state index contributed by atoms with van der Waals surface area (Å²) in [4.78, 5) is 14.8. The van der Waals surface area contributed by atoms with Crippen molar-refractivity contribution in [2.24, 2.45) is 0 Å². The second kappa shape index (κ2) is 9.75. The average molecular weight is 565 g/mol. The summed E-state index contributed by atoms with van der Waals surface area (Å²) in [7, 11) is 0. The van der Waals surface area contributed by atoms with Crippen molar-refractivity contribution in [2.45, 2.75) is 0 Å². The van der Waals surface area contributed by atoms with Crippen LogP contribution in [0.3, 0.4) is 0 Å². The van der Waals surface area contributed by atoms with Crippen LogP contribution >= 0.6 is 0 Å². The third-order valence-electron chi connectivity index (χ3n) is 8.25. The zero-order valence-electron chi connectivity index (χ0n) is 23.6. The maximum absolute atomic E-state index is 6.43. The molecule has 0 amide bonds. The van der Waals surface area contributed by atoms with E-state index in [0.29, 0.717) is 17.5 Å². The van der Waals surface area contributed by atoms with Gasteiger partial charge >= 0.3 is 0 Å². The van der Waals surface area contributed by atoms with Gasteiger partial charge in [-0.05, 0) is 42.5 Å². The number of fused-ring (bicyclic) bond motifs is 6. The number of rotatable bonds is 4. The van der Waals surface area contributed by atoms with Crippen LogP contribution in [0.4, 0.5) is 0 Å². The molecule has 0 spiro atoms. The summed E-state index contributed by atoms with van der Waals surface area (Å²) in [6.45, 7) is 0. The standard InChI is InChI=1S/C39H24N4O/c1-3-12-25(13-4-1)37-40-38(26-14-5-2-6-15-26)42-39(41-37)27-22-23-34-30(24-27)36-33(20-11-21-35(36)44-34)43-31-18-9-7-16-28(31)29-17-8-10-19-32(29)43/h1-24H. The van der Waals surface area contributed by atoms with Crippen molar-refractivity contribution in [3.63, 3.8) is 0 Å². The zero-order chi connectivity index (χ0) is 29.0. The second-order valence-corrected chi connectivity index (χ2v) is 10.9. The Balaban J connectivity index is 1.30. The van der Waals surface area contributed by atoms with Crippen LogP contribution in [0.5, 0.6) is 0 Å². The van der Waals surface area contributed by atoms with Crippen LogP contribution in [-0.4, -0.2) is 19.5 Å². The highest BCUT2D eigenvalue weighted by Crippen LogP contribution is 2.39. The molecule has 0 atom stereocenters. The Morgan fingerprint density at radius 1 is 0.409 bits per heavy atom. The molecule has 0 aliphatic heterocycles. The fraction of sp³-hybridized carbons (Fsp3) is 0. The van der Waals surface area contributed by atoms with Gasteiger partial charge in [-0.25, -0.2) is 15.0 Å².